The van der Waals surface area contributed by atoms with E-state index in [0.717, 1.165) is 48.6 Å². The van der Waals surface area contributed by atoms with Crippen LogP contribution in [0.1, 0.15) is 46.5 Å². The maximum absolute atomic E-state index is 12.8. The van der Waals surface area contributed by atoms with Crippen molar-refractivity contribution in [2.75, 3.05) is 19.6 Å². The normalized spacial score (nSPS) is 18.6. The molecule has 1 N–H and O–H groups in total. The van der Waals surface area contributed by atoms with Gasteiger partial charge in [0.25, 0.3) is 0 Å². The SMILES string of the molecule is Cc1cc(C)c2c(c1)C(=O)CC1(CCN(CC(=O)NCc3ccco3)CC1)O2. The number of piperidine rings is 1. The van der Waals surface area contributed by atoms with Crippen LogP contribution in [0.4, 0.5) is 0 Å². The minimum absolute atomic E-state index is 0.0235. The number of ketones is 1. The van der Waals surface area contributed by atoms with E-state index in [2.05, 4.69) is 16.3 Å². The van der Waals surface area contributed by atoms with Crippen LogP contribution in [0.5, 0.6) is 5.75 Å². The van der Waals surface area contributed by atoms with Crippen LogP contribution in [0.15, 0.2) is 34.9 Å². The van der Waals surface area contributed by atoms with Gasteiger partial charge in [0.15, 0.2) is 5.78 Å². The molecule has 1 aromatic heterocycles. The predicted octanol–water partition coefficient (Wildman–Crippen LogP) is 3.01. The molecule has 0 aliphatic carbocycles. The zero-order chi connectivity index (χ0) is 19.7. The number of nitrogens with zero attached hydrogens (tertiary/aromatic N) is 1. The molecule has 1 fully saturated rings. The second-order valence-electron chi connectivity index (χ2n) is 7.98. The summed E-state index contributed by atoms with van der Waals surface area (Å²) >= 11 is 0. The fourth-order valence-electron chi connectivity index (χ4n) is 4.19. The van der Waals surface area contributed by atoms with Gasteiger partial charge in [-0.05, 0) is 43.2 Å². The van der Waals surface area contributed by atoms with Gasteiger partial charge in [0, 0.05) is 25.9 Å². The Balaban J connectivity index is 1.34. The molecule has 2 aromatic rings. The van der Waals surface area contributed by atoms with Gasteiger partial charge >= 0.3 is 0 Å². The highest BCUT2D eigenvalue weighted by Crippen LogP contribution is 2.41. The van der Waals surface area contributed by atoms with Crippen molar-refractivity contribution in [2.24, 2.45) is 0 Å². The van der Waals surface area contributed by atoms with Gasteiger partial charge in [0.05, 0.1) is 31.3 Å². The lowest BCUT2D eigenvalue weighted by atomic mass is 9.81. The molecule has 28 heavy (non-hydrogen) atoms. The third-order valence-electron chi connectivity index (χ3n) is 5.70. The van der Waals surface area contributed by atoms with Crippen LogP contribution in [0.2, 0.25) is 0 Å². The van der Waals surface area contributed by atoms with E-state index in [4.69, 9.17) is 9.15 Å². The molecule has 0 atom stereocenters. The van der Waals surface area contributed by atoms with Crippen LogP contribution < -0.4 is 10.1 Å². The number of hydrogen-bond acceptors (Lipinski definition) is 5. The van der Waals surface area contributed by atoms with Crippen molar-refractivity contribution in [3.8, 4) is 5.75 Å². The maximum atomic E-state index is 12.8. The van der Waals surface area contributed by atoms with E-state index < -0.39 is 5.60 Å². The van der Waals surface area contributed by atoms with E-state index in [0.29, 0.717) is 25.1 Å². The summed E-state index contributed by atoms with van der Waals surface area (Å²) in [5, 5.41) is 2.88. The van der Waals surface area contributed by atoms with Crippen molar-refractivity contribution in [1.29, 1.82) is 0 Å². The molecular formula is C22H26N2O4. The number of rotatable bonds is 4. The summed E-state index contributed by atoms with van der Waals surface area (Å²) in [6.45, 7) is 6.22. The molecule has 1 spiro atoms. The summed E-state index contributed by atoms with van der Waals surface area (Å²) in [6, 6.07) is 7.63. The molecule has 0 unspecified atom stereocenters. The highest BCUT2D eigenvalue weighted by Gasteiger charge is 2.43. The molecule has 2 aliphatic heterocycles. The molecular weight excluding hydrogens is 356 g/mol. The van der Waals surface area contributed by atoms with Gasteiger partial charge in [0.2, 0.25) is 5.91 Å². The number of benzene rings is 1. The fraction of sp³-hybridized carbons (Fsp3) is 0.455. The van der Waals surface area contributed by atoms with Gasteiger partial charge in [0.1, 0.15) is 17.1 Å². The van der Waals surface area contributed by atoms with Crippen molar-refractivity contribution < 1.29 is 18.7 Å². The molecule has 2 aliphatic rings. The van der Waals surface area contributed by atoms with Gasteiger partial charge in [-0.3, -0.25) is 14.5 Å². The fourth-order valence-corrected chi connectivity index (χ4v) is 4.19. The molecule has 148 valence electrons. The summed E-state index contributed by atoms with van der Waals surface area (Å²) in [6.07, 6.45) is 3.51. The quantitative estimate of drug-likeness (QED) is 0.880. The third-order valence-corrected chi connectivity index (χ3v) is 5.70. The molecule has 1 aromatic carbocycles. The Labute approximate surface area is 164 Å². The number of carbonyl (C=O) groups is 2. The second kappa shape index (κ2) is 7.43. The van der Waals surface area contributed by atoms with Crippen LogP contribution >= 0.6 is 0 Å². The van der Waals surface area contributed by atoms with Crippen LogP contribution in [0.3, 0.4) is 0 Å². The van der Waals surface area contributed by atoms with Crippen LogP contribution in [-0.4, -0.2) is 41.8 Å². The summed E-state index contributed by atoms with van der Waals surface area (Å²) in [5.74, 6) is 1.62. The van der Waals surface area contributed by atoms with Crippen LogP contribution in [-0.2, 0) is 11.3 Å². The average Bonchev–Trinajstić information content (AvgIpc) is 3.17. The van der Waals surface area contributed by atoms with E-state index in [-0.39, 0.29) is 11.7 Å². The number of hydrogen-bond donors (Lipinski definition) is 1. The Hall–Kier alpha value is -2.60. The Morgan fingerprint density at radius 1 is 1.25 bits per heavy atom. The number of nitrogens with one attached hydrogen (secondary N) is 1. The monoisotopic (exact) mass is 382 g/mol. The maximum Gasteiger partial charge on any atom is 0.234 e. The first kappa shape index (κ1) is 18.7. The molecule has 0 saturated carbocycles. The molecule has 0 radical (unpaired) electrons. The number of amides is 1. The topological polar surface area (TPSA) is 71.8 Å². The Bertz CT molecular complexity index is 880. The summed E-state index contributed by atoms with van der Waals surface area (Å²) < 4.78 is 11.6. The van der Waals surface area contributed by atoms with E-state index in [9.17, 15) is 9.59 Å². The van der Waals surface area contributed by atoms with Gasteiger partial charge in [-0.2, -0.15) is 0 Å². The average molecular weight is 382 g/mol. The number of carbonyl (C=O) groups excluding carboxylic acids is 2. The minimum atomic E-state index is -0.439. The first-order valence-electron chi connectivity index (χ1n) is 9.79. The summed E-state index contributed by atoms with van der Waals surface area (Å²) in [4.78, 5) is 27.1. The van der Waals surface area contributed by atoms with E-state index in [1.807, 2.05) is 26.0 Å². The lowest BCUT2D eigenvalue weighted by Gasteiger charge is -2.44. The van der Waals surface area contributed by atoms with Crippen molar-refractivity contribution in [2.45, 2.75) is 45.3 Å². The molecule has 3 heterocycles. The minimum Gasteiger partial charge on any atom is -0.486 e. The molecule has 4 rings (SSSR count). The summed E-state index contributed by atoms with van der Waals surface area (Å²) in [7, 11) is 0. The van der Waals surface area contributed by atoms with Gasteiger partial charge < -0.3 is 14.5 Å². The molecule has 6 nitrogen and oxygen atoms in total. The molecule has 1 amide bonds. The first-order chi connectivity index (χ1) is 13.4. The highest BCUT2D eigenvalue weighted by atomic mass is 16.5. The standard InChI is InChI=1S/C22H26N2O4/c1-15-10-16(2)21-18(11-15)19(25)12-22(28-21)5-7-24(8-6-22)14-20(26)23-13-17-4-3-9-27-17/h3-4,9-11H,5-8,12-14H2,1-2H3,(H,23,26). The number of Topliss-reactive ketones (excluding diaryl/α,β-unsaturated/α-hetero) is 1. The van der Waals surface area contributed by atoms with Crippen LogP contribution in [0.25, 0.3) is 0 Å². The number of furan rings is 1. The van der Waals surface area contributed by atoms with Crippen molar-refractivity contribution in [3.05, 3.63) is 53.0 Å². The molecule has 0 bridgehead atoms. The smallest absolute Gasteiger partial charge is 0.234 e. The Morgan fingerprint density at radius 2 is 2.04 bits per heavy atom. The van der Waals surface area contributed by atoms with Gasteiger partial charge in [-0.15, -0.1) is 0 Å². The predicted molar refractivity (Wildman–Crippen MR) is 104 cm³/mol. The number of aryl methyl sites for hydroxylation is 2. The van der Waals surface area contributed by atoms with E-state index in [1.165, 1.54) is 0 Å². The third kappa shape index (κ3) is 3.83. The molecule has 1 saturated heterocycles. The highest BCUT2D eigenvalue weighted by molar-refractivity contribution is 6.01. The van der Waals surface area contributed by atoms with Crippen molar-refractivity contribution in [3.63, 3.8) is 0 Å². The first-order valence-corrected chi connectivity index (χ1v) is 9.79. The van der Waals surface area contributed by atoms with Gasteiger partial charge in [-0.1, -0.05) is 6.07 Å². The lowest BCUT2D eigenvalue weighted by Crippen LogP contribution is -2.52. The molecule has 6 heteroatoms. The zero-order valence-electron chi connectivity index (χ0n) is 16.4. The zero-order valence-corrected chi connectivity index (χ0v) is 16.4. The number of fused-ring (bicyclic) bond motifs is 1. The largest absolute Gasteiger partial charge is 0.486 e. The lowest BCUT2D eigenvalue weighted by molar-refractivity contribution is -0.123. The Morgan fingerprint density at radius 3 is 2.75 bits per heavy atom. The van der Waals surface area contributed by atoms with E-state index in [1.54, 1.807) is 12.3 Å². The van der Waals surface area contributed by atoms with E-state index >= 15 is 0 Å². The van der Waals surface area contributed by atoms with Crippen molar-refractivity contribution in [1.82, 2.24) is 10.2 Å². The Kier molecular flexibility index (Phi) is 4.98. The van der Waals surface area contributed by atoms with Crippen molar-refractivity contribution >= 4 is 11.7 Å². The van der Waals surface area contributed by atoms with Gasteiger partial charge in [-0.25, -0.2) is 0 Å². The number of ether oxygens (including phenoxy) is 1. The summed E-state index contributed by atoms with van der Waals surface area (Å²) in [5.41, 5.74) is 2.37. The number of likely N-dealkylation sites (tertiary alicyclic amines) is 1. The van der Waals surface area contributed by atoms with Crippen LogP contribution in [0, 0.1) is 13.8 Å². The second-order valence-corrected chi connectivity index (χ2v) is 7.98.